The van der Waals surface area contributed by atoms with Gasteiger partial charge in [-0.05, 0) is 53.8 Å². The molecule has 0 fully saturated rings. The SMILES string of the molecule is CCOC(OCC)([PH+]=O)c1ccc(CC(NC(=O)OCC2c3ccccc3-c3ccccc32)C(=O)O)cc1. The highest BCUT2D eigenvalue weighted by Gasteiger charge is 2.43. The molecule has 8 nitrogen and oxygen atoms in total. The normalized spacial score (nSPS) is 13.5. The summed E-state index contributed by atoms with van der Waals surface area (Å²) in [7, 11) is -0.887. The Bertz CT molecular complexity index is 1240. The summed E-state index contributed by atoms with van der Waals surface area (Å²) in [6, 6.07) is 21.6. The number of hydrogen-bond acceptors (Lipinski definition) is 6. The number of fused-ring (bicyclic) bond motifs is 3. The van der Waals surface area contributed by atoms with Crippen molar-refractivity contribution in [2.45, 2.75) is 37.8 Å². The van der Waals surface area contributed by atoms with Crippen LogP contribution in [0.3, 0.4) is 0 Å². The van der Waals surface area contributed by atoms with Gasteiger partial charge < -0.3 is 24.6 Å². The summed E-state index contributed by atoms with van der Waals surface area (Å²) in [6.07, 6.45) is -0.759. The average molecular weight is 537 g/mol. The van der Waals surface area contributed by atoms with Gasteiger partial charge in [0.1, 0.15) is 12.6 Å². The van der Waals surface area contributed by atoms with Crippen molar-refractivity contribution in [3.63, 3.8) is 0 Å². The Kier molecular flexibility index (Phi) is 8.89. The molecule has 198 valence electrons. The number of carboxylic acid groups (broad SMARTS) is 1. The van der Waals surface area contributed by atoms with Crippen LogP contribution in [-0.2, 0) is 35.5 Å². The molecule has 0 saturated carbocycles. The molecule has 3 aromatic carbocycles. The van der Waals surface area contributed by atoms with E-state index in [9.17, 15) is 19.3 Å². The fraction of sp³-hybridized carbons (Fsp3) is 0.310. The van der Waals surface area contributed by atoms with Crippen LogP contribution in [0, 0.1) is 0 Å². The van der Waals surface area contributed by atoms with Gasteiger partial charge in [-0.1, -0.05) is 65.2 Å². The van der Waals surface area contributed by atoms with Gasteiger partial charge in [-0.2, -0.15) is 0 Å². The van der Waals surface area contributed by atoms with Crippen LogP contribution in [0.2, 0.25) is 0 Å². The predicted octanol–water partition coefficient (Wildman–Crippen LogP) is 5.43. The summed E-state index contributed by atoms with van der Waals surface area (Å²) in [5.74, 6) is -1.30. The lowest BCUT2D eigenvalue weighted by Gasteiger charge is -2.21. The topological polar surface area (TPSA) is 111 Å². The number of carbonyl (C=O) groups excluding carboxylic acids is 1. The van der Waals surface area contributed by atoms with Crippen LogP contribution >= 0.6 is 8.46 Å². The molecule has 0 spiro atoms. The van der Waals surface area contributed by atoms with Gasteiger partial charge in [-0.25, -0.2) is 9.59 Å². The van der Waals surface area contributed by atoms with E-state index in [1.54, 1.807) is 38.1 Å². The summed E-state index contributed by atoms with van der Waals surface area (Å²) in [5.41, 5.74) is 4.23. The lowest BCUT2D eigenvalue weighted by atomic mass is 9.98. The standard InChI is InChI=1S/C29H30NO7P/c1-3-36-29(38-34,37-4-2)20-15-13-19(14-16-20)17-26(27(31)32)30-28(33)35-18-25-23-11-7-5-9-21(23)22-10-6-8-12-24(22)25/h5-16,25-26H,3-4,17-18H2,1-2H3,(H,30,33)(H,31,32)/p+1. The van der Waals surface area contributed by atoms with E-state index in [4.69, 9.17) is 14.2 Å². The number of alkyl carbamates (subject to hydrolysis) is 1. The van der Waals surface area contributed by atoms with E-state index in [0.717, 1.165) is 22.3 Å². The summed E-state index contributed by atoms with van der Waals surface area (Å²) in [5, 5.41) is 12.2. The second-order valence-electron chi connectivity index (χ2n) is 8.85. The maximum Gasteiger partial charge on any atom is 0.407 e. The highest BCUT2D eigenvalue weighted by Crippen LogP contribution is 2.44. The minimum absolute atomic E-state index is 0.0374. The van der Waals surface area contributed by atoms with Crippen molar-refractivity contribution in [1.29, 1.82) is 0 Å². The monoisotopic (exact) mass is 536 g/mol. The molecule has 4 rings (SSSR count). The third-order valence-corrected chi connectivity index (χ3v) is 7.38. The van der Waals surface area contributed by atoms with Gasteiger partial charge in [-0.15, -0.1) is 0 Å². The summed E-state index contributed by atoms with van der Waals surface area (Å²) in [6.45, 7) is 4.28. The molecule has 2 N–H and O–H groups in total. The fourth-order valence-electron chi connectivity index (χ4n) is 4.81. The van der Waals surface area contributed by atoms with Crippen LogP contribution < -0.4 is 5.32 Å². The lowest BCUT2D eigenvalue weighted by Crippen LogP contribution is -2.42. The Balaban J connectivity index is 1.41. The molecule has 2 unspecified atom stereocenters. The number of benzene rings is 3. The van der Waals surface area contributed by atoms with Crippen LogP contribution in [0.4, 0.5) is 4.79 Å². The number of aliphatic carboxylic acids is 1. The van der Waals surface area contributed by atoms with Gasteiger partial charge >= 0.3 is 26.1 Å². The molecule has 0 aliphatic heterocycles. The quantitative estimate of drug-likeness (QED) is 0.235. The maximum atomic E-state index is 12.6. The number of carbonyl (C=O) groups is 2. The molecule has 3 aromatic rings. The molecule has 1 aliphatic carbocycles. The van der Waals surface area contributed by atoms with Crippen molar-refractivity contribution in [3.8, 4) is 11.1 Å². The Morgan fingerprint density at radius 1 is 0.921 bits per heavy atom. The Morgan fingerprint density at radius 3 is 1.97 bits per heavy atom. The third kappa shape index (κ3) is 5.78. The van der Waals surface area contributed by atoms with E-state index < -0.39 is 32.1 Å². The Morgan fingerprint density at radius 2 is 1.47 bits per heavy atom. The largest absolute Gasteiger partial charge is 0.480 e. The Labute approximate surface area is 223 Å². The molecule has 9 heteroatoms. The predicted molar refractivity (Wildman–Crippen MR) is 144 cm³/mol. The molecule has 0 heterocycles. The molecular formula is C29H31NO7P+. The molecule has 2 atom stereocenters. The van der Waals surface area contributed by atoms with E-state index >= 15 is 0 Å². The van der Waals surface area contributed by atoms with Gasteiger partial charge in [0.25, 0.3) is 0 Å². The molecular weight excluding hydrogens is 505 g/mol. The molecule has 0 bridgehead atoms. The number of hydrogen-bond donors (Lipinski definition) is 2. The average Bonchev–Trinajstić information content (AvgIpc) is 3.25. The molecule has 0 radical (unpaired) electrons. The van der Waals surface area contributed by atoms with Gasteiger partial charge in [0.2, 0.25) is 0 Å². The van der Waals surface area contributed by atoms with Gasteiger partial charge in [0.05, 0.1) is 18.8 Å². The van der Waals surface area contributed by atoms with Crippen LogP contribution in [-0.4, -0.2) is 43.0 Å². The summed E-state index contributed by atoms with van der Waals surface area (Å²) < 4.78 is 28.7. The zero-order valence-electron chi connectivity index (χ0n) is 21.3. The zero-order valence-corrected chi connectivity index (χ0v) is 22.3. The van der Waals surface area contributed by atoms with Crippen molar-refractivity contribution in [2.24, 2.45) is 0 Å². The smallest absolute Gasteiger partial charge is 0.407 e. The summed E-state index contributed by atoms with van der Waals surface area (Å²) >= 11 is 0. The number of nitrogens with one attached hydrogen (secondary N) is 1. The zero-order chi connectivity index (χ0) is 27.1. The lowest BCUT2D eigenvalue weighted by molar-refractivity contribution is -0.176. The molecule has 1 amide bonds. The third-order valence-electron chi connectivity index (χ3n) is 6.54. The molecule has 0 saturated heterocycles. The highest BCUT2D eigenvalue weighted by atomic mass is 31.1. The summed E-state index contributed by atoms with van der Waals surface area (Å²) in [4.78, 5) is 24.6. The first kappa shape index (κ1) is 27.5. The minimum Gasteiger partial charge on any atom is -0.480 e. The van der Waals surface area contributed by atoms with Crippen LogP contribution in [0.1, 0.15) is 42.0 Å². The van der Waals surface area contributed by atoms with Crippen LogP contribution in [0.25, 0.3) is 11.1 Å². The van der Waals surface area contributed by atoms with E-state index in [-0.39, 0.29) is 18.9 Å². The van der Waals surface area contributed by atoms with E-state index in [2.05, 4.69) is 5.32 Å². The molecule has 1 aliphatic rings. The van der Waals surface area contributed by atoms with Crippen LogP contribution in [0.15, 0.2) is 72.8 Å². The van der Waals surface area contributed by atoms with Crippen molar-refractivity contribution in [3.05, 3.63) is 95.1 Å². The first-order valence-corrected chi connectivity index (χ1v) is 13.4. The number of rotatable bonds is 12. The number of ether oxygens (including phenoxy) is 3. The second-order valence-corrected chi connectivity index (χ2v) is 9.71. The number of carboxylic acids is 1. The van der Waals surface area contributed by atoms with E-state index in [1.165, 1.54) is 0 Å². The van der Waals surface area contributed by atoms with Gasteiger partial charge in [-0.3, -0.25) is 0 Å². The van der Waals surface area contributed by atoms with Crippen molar-refractivity contribution >= 4 is 20.5 Å². The molecule has 38 heavy (non-hydrogen) atoms. The van der Waals surface area contributed by atoms with Crippen molar-refractivity contribution in [1.82, 2.24) is 5.32 Å². The van der Waals surface area contributed by atoms with Gasteiger partial charge in [0, 0.05) is 12.3 Å². The van der Waals surface area contributed by atoms with Crippen LogP contribution in [0.5, 0.6) is 0 Å². The highest BCUT2D eigenvalue weighted by molar-refractivity contribution is 7.24. The second kappa shape index (κ2) is 12.3. The minimum atomic E-state index is -1.37. The fourth-order valence-corrected chi connectivity index (χ4v) is 5.50. The van der Waals surface area contributed by atoms with Crippen molar-refractivity contribution in [2.75, 3.05) is 19.8 Å². The number of amides is 1. The van der Waals surface area contributed by atoms with E-state index in [1.807, 2.05) is 48.5 Å². The molecule has 0 aromatic heterocycles. The maximum absolute atomic E-state index is 12.6. The Hall–Kier alpha value is -3.58. The van der Waals surface area contributed by atoms with E-state index in [0.29, 0.717) is 24.3 Å². The first-order valence-electron chi connectivity index (χ1n) is 12.5. The first-order chi connectivity index (χ1) is 18.4. The van der Waals surface area contributed by atoms with Crippen molar-refractivity contribution < 1.29 is 33.5 Å². The van der Waals surface area contributed by atoms with Gasteiger partial charge in [0.15, 0.2) is 0 Å².